The molecule has 1 heterocycles. The van der Waals surface area contributed by atoms with Crippen molar-refractivity contribution in [1.29, 1.82) is 0 Å². The van der Waals surface area contributed by atoms with E-state index in [2.05, 4.69) is 27.9 Å². The topological polar surface area (TPSA) is 38.3 Å². The first-order valence-corrected chi connectivity index (χ1v) is 7.55. The summed E-state index contributed by atoms with van der Waals surface area (Å²) in [6.07, 6.45) is 0. The van der Waals surface area contributed by atoms with Crippen LogP contribution in [0.5, 0.6) is 0 Å². The van der Waals surface area contributed by atoms with Crippen molar-refractivity contribution in [3.8, 4) is 0 Å². The van der Waals surface area contributed by atoms with E-state index >= 15 is 0 Å². The van der Waals surface area contributed by atoms with Gasteiger partial charge in [-0.05, 0) is 64.0 Å². The van der Waals surface area contributed by atoms with Gasteiger partial charge >= 0.3 is 0 Å². The molecule has 0 aliphatic carbocycles. The second-order valence-corrected chi connectivity index (χ2v) is 6.15. The summed E-state index contributed by atoms with van der Waals surface area (Å²) in [7, 11) is 0. The summed E-state index contributed by atoms with van der Waals surface area (Å²) in [5.41, 5.74) is 3.64. The average Bonchev–Trinajstić information content (AvgIpc) is 2.89. The smallest absolute Gasteiger partial charge is 0.255 e. The third-order valence-electron chi connectivity index (χ3n) is 3.16. The predicted octanol–water partition coefficient (Wildman–Crippen LogP) is 4.23. The Balaban J connectivity index is 1.82. The van der Waals surface area contributed by atoms with Gasteiger partial charge in [0.1, 0.15) is 0 Å². The van der Waals surface area contributed by atoms with Gasteiger partial charge in [0.25, 0.3) is 5.91 Å². The molecule has 0 radical (unpaired) electrons. The first-order valence-electron chi connectivity index (χ1n) is 6.09. The fraction of sp³-hybridized carbons (Fsp3) is 0.133. The third-order valence-corrected chi connectivity index (χ3v) is 4.29. The summed E-state index contributed by atoms with van der Waals surface area (Å²) >= 11 is 8.05. The molecule has 3 rings (SSSR count). The van der Waals surface area contributed by atoms with Gasteiger partial charge in [0.2, 0.25) is 0 Å². The number of ether oxygens (including phenoxy) is 1. The molecular weight excluding hydrogens is 389 g/mol. The summed E-state index contributed by atoms with van der Waals surface area (Å²) in [6.45, 7) is 1.21. The number of anilines is 1. The predicted molar refractivity (Wildman–Crippen MR) is 87.1 cm³/mol. The Bertz CT molecular complexity index is 688. The molecular formula is C15H11ClINO2. The van der Waals surface area contributed by atoms with E-state index in [0.29, 0.717) is 23.8 Å². The van der Waals surface area contributed by atoms with Crippen LogP contribution in [0.2, 0.25) is 5.02 Å². The van der Waals surface area contributed by atoms with Crippen molar-refractivity contribution in [3.63, 3.8) is 0 Å². The molecule has 2 aromatic carbocycles. The zero-order valence-corrected chi connectivity index (χ0v) is 13.4. The Hall–Kier alpha value is -1.11. The number of halogens is 2. The summed E-state index contributed by atoms with van der Waals surface area (Å²) in [5, 5.41) is 3.55. The largest absolute Gasteiger partial charge is 0.372 e. The lowest BCUT2D eigenvalue weighted by atomic mass is 10.1. The molecule has 2 aromatic rings. The van der Waals surface area contributed by atoms with E-state index in [1.54, 1.807) is 12.1 Å². The first-order chi connectivity index (χ1) is 9.63. The summed E-state index contributed by atoms with van der Waals surface area (Å²) in [5.74, 6) is -0.125. The number of hydrogen-bond donors (Lipinski definition) is 1. The van der Waals surface area contributed by atoms with Crippen LogP contribution in [-0.2, 0) is 18.0 Å². The lowest BCUT2D eigenvalue weighted by Crippen LogP contribution is -2.13. The second kappa shape index (κ2) is 5.71. The van der Waals surface area contributed by atoms with Crippen LogP contribution in [0.25, 0.3) is 0 Å². The fourth-order valence-electron chi connectivity index (χ4n) is 2.10. The summed E-state index contributed by atoms with van der Waals surface area (Å²) in [4.78, 5) is 12.3. The Labute approximate surface area is 135 Å². The highest BCUT2D eigenvalue weighted by molar-refractivity contribution is 14.1. The molecule has 5 heteroatoms. The maximum atomic E-state index is 12.3. The van der Waals surface area contributed by atoms with Crippen LogP contribution in [0.15, 0.2) is 36.4 Å². The molecule has 0 fully saturated rings. The molecule has 1 aliphatic heterocycles. The molecule has 0 aromatic heterocycles. The van der Waals surface area contributed by atoms with E-state index in [4.69, 9.17) is 16.3 Å². The minimum Gasteiger partial charge on any atom is -0.372 e. The number of nitrogens with one attached hydrogen (secondary N) is 1. The molecule has 0 unspecified atom stereocenters. The van der Waals surface area contributed by atoms with Crippen LogP contribution in [0.3, 0.4) is 0 Å². The third kappa shape index (κ3) is 2.82. The minimum absolute atomic E-state index is 0.125. The van der Waals surface area contributed by atoms with Crippen molar-refractivity contribution in [1.82, 2.24) is 0 Å². The molecule has 20 heavy (non-hydrogen) atoms. The summed E-state index contributed by atoms with van der Waals surface area (Å²) < 4.78 is 6.26. The number of benzene rings is 2. The van der Waals surface area contributed by atoms with Crippen LogP contribution in [0.4, 0.5) is 5.69 Å². The normalized spacial score (nSPS) is 13.1. The lowest BCUT2D eigenvalue weighted by molar-refractivity contribution is 0.102. The number of carbonyl (C=O) groups excluding carboxylic acids is 1. The van der Waals surface area contributed by atoms with Gasteiger partial charge in [0, 0.05) is 14.2 Å². The Kier molecular flexibility index (Phi) is 3.96. The molecule has 1 amide bonds. The standard InChI is InChI=1S/C15H11ClINO2/c16-12-3-4-14(13(17)6-12)18-15(19)9-1-2-10-7-20-8-11(10)5-9/h1-6H,7-8H2,(H,18,19). The average molecular weight is 400 g/mol. The number of hydrogen-bond acceptors (Lipinski definition) is 2. The lowest BCUT2D eigenvalue weighted by Gasteiger charge is -2.08. The molecule has 0 bridgehead atoms. The fourth-order valence-corrected chi connectivity index (χ4v) is 3.10. The molecule has 0 saturated carbocycles. The van der Waals surface area contributed by atoms with Gasteiger partial charge in [-0.2, -0.15) is 0 Å². The second-order valence-electron chi connectivity index (χ2n) is 4.55. The van der Waals surface area contributed by atoms with Crippen molar-refractivity contribution in [2.45, 2.75) is 13.2 Å². The molecule has 0 spiro atoms. The van der Waals surface area contributed by atoms with E-state index < -0.39 is 0 Å². The van der Waals surface area contributed by atoms with Crippen LogP contribution >= 0.6 is 34.2 Å². The van der Waals surface area contributed by atoms with Crippen LogP contribution in [0, 0.1) is 3.57 Å². The number of fused-ring (bicyclic) bond motifs is 1. The van der Waals surface area contributed by atoms with Gasteiger partial charge in [0.15, 0.2) is 0 Å². The van der Waals surface area contributed by atoms with Gasteiger partial charge < -0.3 is 10.1 Å². The maximum absolute atomic E-state index is 12.3. The molecule has 3 nitrogen and oxygen atoms in total. The van der Waals surface area contributed by atoms with Gasteiger partial charge in [0.05, 0.1) is 18.9 Å². The van der Waals surface area contributed by atoms with E-state index in [1.807, 2.05) is 24.3 Å². The molecule has 102 valence electrons. The highest BCUT2D eigenvalue weighted by atomic mass is 127. The van der Waals surface area contributed by atoms with Gasteiger partial charge in [-0.3, -0.25) is 4.79 Å². The monoisotopic (exact) mass is 399 g/mol. The quantitative estimate of drug-likeness (QED) is 0.768. The molecule has 0 atom stereocenters. The van der Waals surface area contributed by atoms with Gasteiger partial charge in [-0.15, -0.1) is 0 Å². The number of rotatable bonds is 2. The molecule has 1 aliphatic rings. The minimum atomic E-state index is -0.125. The van der Waals surface area contributed by atoms with Crippen molar-refractivity contribution in [2.24, 2.45) is 0 Å². The van der Waals surface area contributed by atoms with E-state index in [0.717, 1.165) is 20.4 Å². The van der Waals surface area contributed by atoms with Crippen molar-refractivity contribution in [2.75, 3.05) is 5.32 Å². The van der Waals surface area contributed by atoms with Crippen molar-refractivity contribution >= 4 is 45.8 Å². The first kappa shape index (κ1) is 13.9. The molecule has 0 saturated heterocycles. The van der Waals surface area contributed by atoms with Crippen LogP contribution in [-0.4, -0.2) is 5.91 Å². The highest BCUT2D eigenvalue weighted by Gasteiger charge is 2.15. The number of carbonyl (C=O) groups is 1. The van der Waals surface area contributed by atoms with E-state index in [1.165, 1.54) is 0 Å². The van der Waals surface area contributed by atoms with Crippen LogP contribution < -0.4 is 5.32 Å². The van der Waals surface area contributed by atoms with Crippen molar-refractivity contribution in [3.05, 3.63) is 61.7 Å². The zero-order valence-electron chi connectivity index (χ0n) is 10.5. The Morgan fingerprint density at radius 2 is 1.95 bits per heavy atom. The SMILES string of the molecule is O=C(Nc1ccc(Cl)cc1I)c1ccc2c(c1)COC2. The highest BCUT2D eigenvalue weighted by Crippen LogP contribution is 2.24. The Morgan fingerprint density at radius 1 is 1.15 bits per heavy atom. The van der Waals surface area contributed by atoms with Gasteiger partial charge in [-0.1, -0.05) is 17.7 Å². The zero-order chi connectivity index (χ0) is 14.1. The Morgan fingerprint density at radius 3 is 2.75 bits per heavy atom. The van der Waals surface area contributed by atoms with Crippen molar-refractivity contribution < 1.29 is 9.53 Å². The molecule has 1 N–H and O–H groups in total. The van der Waals surface area contributed by atoms with E-state index in [9.17, 15) is 4.79 Å². The maximum Gasteiger partial charge on any atom is 0.255 e. The van der Waals surface area contributed by atoms with Gasteiger partial charge in [-0.25, -0.2) is 0 Å². The summed E-state index contributed by atoms with van der Waals surface area (Å²) in [6, 6.07) is 11.0. The van der Waals surface area contributed by atoms with Crippen LogP contribution in [0.1, 0.15) is 21.5 Å². The van der Waals surface area contributed by atoms with E-state index in [-0.39, 0.29) is 5.91 Å². The number of amides is 1.